The predicted molar refractivity (Wildman–Crippen MR) is 82.9 cm³/mol. The number of rotatable bonds is 5. The first kappa shape index (κ1) is 15.7. The largest absolute Gasteiger partial charge is 0.367 e. The van der Waals surface area contributed by atoms with Crippen LogP contribution in [0, 0.1) is 10.1 Å². The van der Waals surface area contributed by atoms with Crippen LogP contribution in [0.2, 0.25) is 5.02 Å². The first-order valence-corrected chi connectivity index (χ1v) is 8.82. The Balaban J connectivity index is 2.27. The summed E-state index contributed by atoms with van der Waals surface area (Å²) in [7, 11) is -3.47. The quantitative estimate of drug-likeness (QED) is 0.662. The lowest BCUT2D eigenvalue weighted by Crippen LogP contribution is -1.99. The number of nitrogens with one attached hydrogen (secondary N) is 1. The third kappa shape index (κ3) is 3.93. The van der Waals surface area contributed by atoms with Crippen molar-refractivity contribution in [1.82, 2.24) is 0 Å². The summed E-state index contributed by atoms with van der Waals surface area (Å²) in [6.07, 6.45) is 1.02. The summed E-state index contributed by atoms with van der Waals surface area (Å²) >= 11 is 6.70. The molecule has 1 N–H and O–H groups in total. The molecule has 0 saturated carbocycles. The highest BCUT2D eigenvalue weighted by Crippen LogP contribution is 2.37. The average Bonchev–Trinajstić information content (AvgIpc) is 2.80. The molecule has 1 aromatic heterocycles. The van der Waals surface area contributed by atoms with Crippen LogP contribution in [0.25, 0.3) is 0 Å². The van der Waals surface area contributed by atoms with Gasteiger partial charge in [-0.25, -0.2) is 8.42 Å². The smallest absolute Gasteiger partial charge is 0.304 e. The van der Waals surface area contributed by atoms with Gasteiger partial charge in [-0.3, -0.25) is 10.1 Å². The van der Waals surface area contributed by atoms with Gasteiger partial charge in [0.15, 0.2) is 14.8 Å². The molecular weight excluding hydrogens is 336 g/mol. The van der Waals surface area contributed by atoms with E-state index in [-0.39, 0.29) is 14.9 Å². The van der Waals surface area contributed by atoms with Gasteiger partial charge in [-0.2, -0.15) is 0 Å². The van der Waals surface area contributed by atoms with Crippen molar-refractivity contribution in [2.45, 2.75) is 10.8 Å². The lowest BCUT2D eigenvalue weighted by atomic mass is 10.2. The van der Waals surface area contributed by atoms with Crippen LogP contribution >= 0.6 is 22.9 Å². The topological polar surface area (TPSA) is 89.3 Å². The number of nitrogens with zero attached hydrogens (tertiary/aromatic N) is 1. The van der Waals surface area contributed by atoms with Gasteiger partial charge in [-0.1, -0.05) is 35.1 Å². The summed E-state index contributed by atoms with van der Waals surface area (Å²) in [5.74, 6) is 0. The molecule has 0 bridgehead atoms. The van der Waals surface area contributed by atoms with Crippen LogP contribution in [0.5, 0.6) is 0 Å². The first-order chi connectivity index (χ1) is 9.77. The zero-order valence-corrected chi connectivity index (χ0v) is 13.3. The Morgan fingerprint density at radius 3 is 2.67 bits per heavy atom. The zero-order valence-electron chi connectivity index (χ0n) is 10.9. The lowest BCUT2D eigenvalue weighted by Gasteiger charge is -2.04. The van der Waals surface area contributed by atoms with Crippen molar-refractivity contribution in [2.24, 2.45) is 0 Å². The number of thiophene rings is 1. The second kappa shape index (κ2) is 6.00. The maximum Gasteiger partial charge on any atom is 0.304 e. The predicted octanol–water partition coefficient (Wildman–Crippen LogP) is 3.33. The van der Waals surface area contributed by atoms with Gasteiger partial charge in [0.05, 0.1) is 4.92 Å². The summed E-state index contributed by atoms with van der Waals surface area (Å²) in [6, 6.07) is 8.10. The molecule has 21 heavy (non-hydrogen) atoms. The highest BCUT2D eigenvalue weighted by molar-refractivity contribution is 7.92. The molecule has 0 amide bonds. The van der Waals surface area contributed by atoms with E-state index in [0.29, 0.717) is 11.6 Å². The van der Waals surface area contributed by atoms with Crippen LogP contribution < -0.4 is 5.32 Å². The molecule has 2 rings (SSSR count). The molecule has 0 radical (unpaired) electrons. The second-order valence-corrected chi connectivity index (χ2v) is 8.02. The summed E-state index contributed by atoms with van der Waals surface area (Å²) in [4.78, 5) is 10.4. The number of hydrogen-bond acceptors (Lipinski definition) is 6. The van der Waals surface area contributed by atoms with Crippen LogP contribution in [0.3, 0.4) is 0 Å². The van der Waals surface area contributed by atoms with Crippen molar-refractivity contribution < 1.29 is 13.3 Å². The van der Waals surface area contributed by atoms with Crippen LogP contribution in [0.1, 0.15) is 5.56 Å². The van der Waals surface area contributed by atoms with E-state index in [1.165, 1.54) is 0 Å². The molecule has 112 valence electrons. The van der Waals surface area contributed by atoms with E-state index in [2.05, 4.69) is 5.32 Å². The molecule has 0 fully saturated rings. The average molecular weight is 347 g/mol. The fraction of sp³-hybridized carbons (Fsp3) is 0.167. The molecule has 0 atom stereocenters. The van der Waals surface area contributed by atoms with Crippen LogP contribution in [-0.2, 0) is 16.4 Å². The molecular formula is C12H11ClN2O4S2. The van der Waals surface area contributed by atoms with E-state index in [1.807, 2.05) is 6.07 Å². The molecule has 9 heteroatoms. The molecule has 2 aromatic rings. The van der Waals surface area contributed by atoms with Gasteiger partial charge in [0.2, 0.25) is 0 Å². The number of sulfone groups is 1. The van der Waals surface area contributed by atoms with E-state index < -0.39 is 14.8 Å². The van der Waals surface area contributed by atoms with Crippen LogP contribution in [0.15, 0.2) is 34.5 Å². The molecule has 0 spiro atoms. The fourth-order valence-electron chi connectivity index (χ4n) is 1.63. The third-order valence-corrected chi connectivity index (χ3v) is 5.71. The van der Waals surface area contributed by atoms with Crippen molar-refractivity contribution in [3.8, 4) is 0 Å². The Labute approximate surface area is 130 Å². The van der Waals surface area contributed by atoms with Crippen molar-refractivity contribution in [1.29, 1.82) is 0 Å². The Morgan fingerprint density at radius 2 is 2.10 bits per heavy atom. The van der Waals surface area contributed by atoms with Gasteiger partial charge in [-0.05, 0) is 17.7 Å². The SMILES string of the molecule is CS(=O)(=O)c1cc([N+](=O)[O-])c(NCc2cccc(Cl)c2)s1. The Kier molecular flexibility index (Phi) is 4.50. The molecule has 0 aliphatic heterocycles. The minimum atomic E-state index is -3.47. The number of benzene rings is 1. The van der Waals surface area contributed by atoms with E-state index in [0.717, 1.165) is 29.2 Å². The van der Waals surface area contributed by atoms with Gasteiger partial charge in [-0.15, -0.1) is 0 Å². The molecule has 0 aliphatic rings. The normalized spacial score (nSPS) is 11.3. The molecule has 6 nitrogen and oxygen atoms in total. The van der Waals surface area contributed by atoms with Gasteiger partial charge in [0.25, 0.3) is 0 Å². The maximum atomic E-state index is 11.5. The minimum Gasteiger partial charge on any atom is -0.367 e. The summed E-state index contributed by atoms with van der Waals surface area (Å²) in [5.41, 5.74) is 0.591. The van der Waals surface area contributed by atoms with E-state index in [9.17, 15) is 18.5 Å². The third-order valence-electron chi connectivity index (χ3n) is 2.59. The lowest BCUT2D eigenvalue weighted by molar-refractivity contribution is -0.383. The molecule has 1 aromatic carbocycles. The zero-order chi connectivity index (χ0) is 15.6. The van der Waals surface area contributed by atoms with Crippen molar-refractivity contribution in [3.63, 3.8) is 0 Å². The molecule has 0 aliphatic carbocycles. The highest BCUT2D eigenvalue weighted by Gasteiger charge is 2.23. The van der Waals surface area contributed by atoms with Crippen LogP contribution in [0.4, 0.5) is 10.7 Å². The van der Waals surface area contributed by atoms with Gasteiger partial charge in [0, 0.05) is 23.9 Å². The van der Waals surface area contributed by atoms with Crippen molar-refractivity contribution in [2.75, 3.05) is 11.6 Å². The van der Waals surface area contributed by atoms with E-state index in [1.54, 1.807) is 18.2 Å². The maximum absolute atomic E-state index is 11.5. The number of hydrogen-bond donors (Lipinski definition) is 1. The number of anilines is 1. The number of nitro groups is 1. The van der Waals surface area contributed by atoms with E-state index >= 15 is 0 Å². The fourth-order valence-corrected chi connectivity index (χ4v) is 3.78. The standard InChI is InChI=1S/C12H11ClN2O4S2/c1-21(18,19)11-6-10(15(16)17)12(20-11)14-7-8-3-2-4-9(13)5-8/h2-6,14H,7H2,1H3. The molecule has 0 saturated heterocycles. The Hall–Kier alpha value is -1.64. The molecule has 0 unspecified atom stereocenters. The Morgan fingerprint density at radius 1 is 1.38 bits per heavy atom. The molecule has 1 heterocycles. The van der Waals surface area contributed by atoms with Crippen LogP contribution in [-0.4, -0.2) is 19.6 Å². The van der Waals surface area contributed by atoms with E-state index in [4.69, 9.17) is 11.6 Å². The highest BCUT2D eigenvalue weighted by atomic mass is 35.5. The first-order valence-electron chi connectivity index (χ1n) is 5.74. The number of halogens is 1. The van der Waals surface area contributed by atoms with Gasteiger partial charge in [0.1, 0.15) is 4.21 Å². The van der Waals surface area contributed by atoms with Crippen molar-refractivity contribution >= 4 is 43.5 Å². The monoisotopic (exact) mass is 346 g/mol. The Bertz CT molecular complexity index is 786. The summed E-state index contributed by atoms with van der Waals surface area (Å²) in [5, 5.41) is 14.6. The van der Waals surface area contributed by atoms with Gasteiger partial charge >= 0.3 is 5.69 Å². The summed E-state index contributed by atoms with van der Waals surface area (Å²) < 4.78 is 22.9. The van der Waals surface area contributed by atoms with Crippen molar-refractivity contribution in [3.05, 3.63) is 51.0 Å². The summed E-state index contributed by atoms with van der Waals surface area (Å²) in [6.45, 7) is 0.311. The second-order valence-electron chi connectivity index (χ2n) is 4.29. The minimum absolute atomic E-state index is 0.0391. The van der Waals surface area contributed by atoms with Gasteiger partial charge < -0.3 is 5.32 Å².